The van der Waals surface area contributed by atoms with Gasteiger partial charge in [0.25, 0.3) is 0 Å². The molecule has 3 aromatic rings. The second-order valence-electron chi connectivity index (χ2n) is 5.09. The SMILES string of the molecule is Clc1ccc(N=C=C(c2ccc(Cl)cc2)c2ccc(Cl)cc2)cc1. The molecule has 0 aliphatic heterocycles. The first-order valence-electron chi connectivity index (χ1n) is 7.23. The second-order valence-corrected chi connectivity index (χ2v) is 6.40. The summed E-state index contributed by atoms with van der Waals surface area (Å²) < 4.78 is 0. The zero-order valence-corrected chi connectivity index (χ0v) is 14.8. The lowest BCUT2D eigenvalue weighted by molar-refractivity contribution is 1.53. The van der Waals surface area contributed by atoms with Gasteiger partial charge in [0.2, 0.25) is 0 Å². The number of rotatable bonds is 3. The lowest BCUT2D eigenvalue weighted by atomic mass is 9.99. The van der Waals surface area contributed by atoms with E-state index in [9.17, 15) is 0 Å². The second kappa shape index (κ2) is 7.70. The lowest BCUT2D eigenvalue weighted by Crippen LogP contribution is -1.88. The Balaban J connectivity index is 2.10. The largest absolute Gasteiger partial charge is 0.206 e. The molecule has 118 valence electrons. The molecule has 3 aromatic carbocycles. The van der Waals surface area contributed by atoms with E-state index in [1.165, 1.54) is 0 Å². The van der Waals surface area contributed by atoms with E-state index in [1.807, 2.05) is 60.7 Å². The van der Waals surface area contributed by atoms with Crippen molar-refractivity contribution in [1.29, 1.82) is 0 Å². The van der Waals surface area contributed by atoms with Gasteiger partial charge in [-0.25, -0.2) is 4.99 Å². The van der Waals surface area contributed by atoms with Gasteiger partial charge < -0.3 is 0 Å². The molecule has 24 heavy (non-hydrogen) atoms. The molecular formula is C20H12Cl3N. The third-order valence-corrected chi connectivity index (χ3v) is 4.15. The van der Waals surface area contributed by atoms with Gasteiger partial charge in [-0.2, -0.15) is 0 Å². The van der Waals surface area contributed by atoms with Crippen LogP contribution in [0, 0.1) is 0 Å². The van der Waals surface area contributed by atoms with Crippen LogP contribution in [0.2, 0.25) is 15.1 Å². The van der Waals surface area contributed by atoms with Crippen molar-refractivity contribution in [2.24, 2.45) is 4.99 Å². The Bertz CT molecular complexity index is 842. The highest BCUT2D eigenvalue weighted by Crippen LogP contribution is 2.24. The van der Waals surface area contributed by atoms with Crippen LogP contribution in [0.25, 0.3) is 5.57 Å². The van der Waals surface area contributed by atoms with E-state index >= 15 is 0 Å². The van der Waals surface area contributed by atoms with Gasteiger partial charge in [0.05, 0.1) is 11.3 Å². The van der Waals surface area contributed by atoms with E-state index in [-0.39, 0.29) is 0 Å². The van der Waals surface area contributed by atoms with E-state index in [4.69, 9.17) is 34.8 Å². The van der Waals surface area contributed by atoms with Crippen molar-refractivity contribution < 1.29 is 0 Å². The molecule has 0 heterocycles. The number of aliphatic imine (C=N–C) groups is 1. The van der Waals surface area contributed by atoms with Gasteiger partial charge in [-0.3, -0.25) is 0 Å². The number of hydrogen-bond acceptors (Lipinski definition) is 1. The van der Waals surface area contributed by atoms with E-state index in [1.54, 1.807) is 12.1 Å². The Morgan fingerprint density at radius 1 is 0.583 bits per heavy atom. The standard InChI is InChI=1S/C20H12Cl3N/c21-16-5-1-14(2-6-16)20(15-3-7-17(22)8-4-15)13-24-19-11-9-18(23)10-12-19/h1-12H. The van der Waals surface area contributed by atoms with E-state index < -0.39 is 0 Å². The summed E-state index contributed by atoms with van der Waals surface area (Å²) in [5, 5.41) is 2.04. The quantitative estimate of drug-likeness (QED) is 0.435. The summed E-state index contributed by atoms with van der Waals surface area (Å²) >= 11 is 17.9. The third-order valence-electron chi connectivity index (χ3n) is 3.39. The summed E-state index contributed by atoms with van der Waals surface area (Å²) in [4.78, 5) is 4.43. The minimum atomic E-state index is 0.675. The average molecular weight is 373 g/mol. The van der Waals surface area contributed by atoms with Crippen molar-refractivity contribution >= 4 is 51.9 Å². The molecule has 3 rings (SSSR count). The summed E-state index contributed by atoms with van der Waals surface area (Å²) in [6, 6.07) is 22.4. The minimum Gasteiger partial charge on any atom is -0.206 e. The van der Waals surface area contributed by atoms with Crippen molar-refractivity contribution in [3.63, 3.8) is 0 Å². The molecule has 0 N–H and O–H groups in total. The molecule has 4 heteroatoms. The molecule has 0 unspecified atom stereocenters. The first-order valence-corrected chi connectivity index (χ1v) is 8.36. The third kappa shape index (κ3) is 4.29. The normalized spacial score (nSPS) is 10.1. The highest BCUT2D eigenvalue weighted by molar-refractivity contribution is 6.31. The monoisotopic (exact) mass is 371 g/mol. The summed E-state index contributed by atoms with van der Waals surface area (Å²) in [6.45, 7) is 0. The molecule has 0 saturated carbocycles. The molecular weight excluding hydrogens is 361 g/mol. The van der Waals surface area contributed by atoms with Gasteiger partial charge >= 0.3 is 0 Å². The van der Waals surface area contributed by atoms with Crippen LogP contribution in [0.15, 0.2) is 77.8 Å². The molecule has 0 spiro atoms. The molecule has 1 nitrogen and oxygen atoms in total. The number of nitrogens with zero attached hydrogens (tertiary/aromatic N) is 1. The summed E-state index contributed by atoms with van der Waals surface area (Å²) in [5.41, 5.74) is 3.58. The molecule has 0 amide bonds. The lowest BCUT2D eigenvalue weighted by Gasteiger charge is -2.05. The zero-order valence-electron chi connectivity index (χ0n) is 12.5. The van der Waals surface area contributed by atoms with Crippen LogP contribution in [0.4, 0.5) is 5.69 Å². The molecule has 0 aliphatic carbocycles. The minimum absolute atomic E-state index is 0.675. The summed E-state index contributed by atoms with van der Waals surface area (Å²) in [6.07, 6.45) is 0. The maximum absolute atomic E-state index is 5.99. The van der Waals surface area contributed by atoms with Crippen LogP contribution in [-0.2, 0) is 0 Å². The predicted molar refractivity (Wildman–Crippen MR) is 104 cm³/mol. The van der Waals surface area contributed by atoms with E-state index in [0.29, 0.717) is 15.1 Å². The van der Waals surface area contributed by atoms with Crippen LogP contribution in [0.5, 0.6) is 0 Å². The van der Waals surface area contributed by atoms with E-state index in [0.717, 1.165) is 22.4 Å². The zero-order chi connectivity index (χ0) is 16.9. The van der Waals surface area contributed by atoms with Gasteiger partial charge in [0.15, 0.2) is 0 Å². The molecule has 0 aromatic heterocycles. The maximum atomic E-state index is 5.99. The van der Waals surface area contributed by atoms with Gasteiger partial charge in [-0.15, -0.1) is 0 Å². The van der Waals surface area contributed by atoms with Gasteiger partial charge in [0.1, 0.15) is 0 Å². The van der Waals surface area contributed by atoms with Crippen molar-refractivity contribution in [3.8, 4) is 0 Å². The van der Waals surface area contributed by atoms with Gasteiger partial charge in [-0.05, 0) is 65.5 Å². The van der Waals surface area contributed by atoms with Crippen LogP contribution in [0.1, 0.15) is 11.1 Å². The topological polar surface area (TPSA) is 12.4 Å². The smallest absolute Gasteiger partial charge is 0.0731 e. The predicted octanol–water partition coefficient (Wildman–Crippen LogP) is 7.08. The Morgan fingerprint density at radius 3 is 1.38 bits per heavy atom. The number of halogens is 3. The first kappa shape index (κ1) is 16.8. The highest BCUT2D eigenvalue weighted by atomic mass is 35.5. The molecule has 0 fully saturated rings. The maximum Gasteiger partial charge on any atom is 0.0731 e. The molecule has 0 radical (unpaired) electrons. The van der Waals surface area contributed by atoms with Gasteiger partial charge in [-0.1, -0.05) is 59.1 Å². The Morgan fingerprint density at radius 2 is 0.958 bits per heavy atom. The summed E-state index contributed by atoms with van der Waals surface area (Å²) in [5.74, 6) is 3.14. The molecule has 0 bridgehead atoms. The highest BCUT2D eigenvalue weighted by Gasteiger charge is 2.05. The molecule has 0 saturated heterocycles. The Labute approximate surface area is 155 Å². The number of benzene rings is 3. The fraction of sp³-hybridized carbons (Fsp3) is 0. The first-order chi connectivity index (χ1) is 11.6. The van der Waals surface area contributed by atoms with Crippen molar-refractivity contribution in [2.45, 2.75) is 0 Å². The molecule has 0 aliphatic rings. The van der Waals surface area contributed by atoms with Crippen LogP contribution >= 0.6 is 34.8 Å². The summed E-state index contributed by atoms with van der Waals surface area (Å²) in [7, 11) is 0. The van der Waals surface area contributed by atoms with Crippen molar-refractivity contribution in [1.82, 2.24) is 0 Å². The fourth-order valence-electron chi connectivity index (χ4n) is 2.16. The van der Waals surface area contributed by atoms with Crippen LogP contribution in [0.3, 0.4) is 0 Å². The fourth-order valence-corrected chi connectivity index (χ4v) is 2.54. The van der Waals surface area contributed by atoms with Crippen LogP contribution < -0.4 is 0 Å². The van der Waals surface area contributed by atoms with Crippen LogP contribution in [-0.4, -0.2) is 5.87 Å². The average Bonchev–Trinajstić information content (AvgIpc) is 2.59. The van der Waals surface area contributed by atoms with Gasteiger partial charge in [0, 0.05) is 15.1 Å². The van der Waals surface area contributed by atoms with E-state index in [2.05, 4.69) is 10.9 Å². The van der Waals surface area contributed by atoms with Crippen molar-refractivity contribution in [3.05, 3.63) is 99.0 Å². The molecule has 0 atom stereocenters. The number of hydrogen-bond donors (Lipinski definition) is 0. The Kier molecular flexibility index (Phi) is 5.40. The van der Waals surface area contributed by atoms with Crippen molar-refractivity contribution in [2.75, 3.05) is 0 Å². The Hall–Kier alpha value is -2.02.